The molecule has 0 spiro atoms. The molecule has 1 aliphatic rings. The SMILES string of the molecule is CN(C(=O)c1cc2c(cc1F)nc(N)c1cncn12)[C@H]1COc2cc(C(F)(F)F)ccc21. The van der Waals surface area contributed by atoms with Crippen LogP contribution in [0.3, 0.4) is 0 Å². The summed E-state index contributed by atoms with van der Waals surface area (Å²) < 4.78 is 60.7. The number of anilines is 1. The number of hydrogen-bond acceptors (Lipinski definition) is 5. The first-order chi connectivity index (χ1) is 15.1. The van der Waals surface area contributed by atoms with Gasteiger partial charge in [-0.25, -0.2) is 14.4 Å². The summed E-state index contributed by atoms with van der Waals surface area (Å²) in [6, 6.07) is 4.90. The largest absolute Gasteiger partial charge is 0.491 e. The molecule has 1 atom stereocenters. The molecule has 0 fully saturated rings. The van der Waals surface area contributed by atoms with E-state index in [9.17, 15) is 22.4 Å². The summed E-state index contributed by atoms with van der Waals surface area (Å²) in [5.41, 5.74) is 6.42. The molecular weight excluding hydrogens is 430 g/mol. The fourth-order valence-electron chi connectivity index (χ4n) is 3.88. The van der Waals surface area contributed by atoms with E-state index >= 15 is 0 Å². The van der Waals surface area contributed by atoms with Gasteiger partial charge in [0.2, 0.25) is 0 Å². The number of fused-ring (bicyclic) bond motifs is 4. The van der Waals surface area contributed by atoms with E-state index < -0.39 is 29.5 Å². The molecule has 32 heavy (non-hydrogen) atoms. The van der Waals surface area contributed by atoms with Crippen LogP contribution in [0.5, 0.6) is 5.75 Å². The smallest absolute Gasteiger partial charge is 0.416 e. The van der Waals surface area contributed by atoms with Crippen molar-refractivity contribution in [3.8, 4) is 5.75 Å². The third-order valence-corrected chi connectivity index (χ3v) is 5.58. The Kier molecular flexibility index (Phi) is 4.26. The van der Waals surface area contributed by atoms with Crippen LogP contribution in [0.15, 0.2) is 42.9 Å². The van der Waals surface area contributed by atoms with Gasteiger partial charge in [0.15, 0.2) is 0 Å². The van der Waals surface area contributed by atoms with Gasteiger partial charge in [-0.15, -0.1) is 0 Å². The van der Waals surface area contributed by atoms with E-state index in [0.29, 0.717) is 16.6 Å². The van der Waals surface area contributed by atoms with Gasteiger partial charge in [-0.3, -0.25) is 9.20 Å². The van der Waals surface area contributed by atoms with Gasteiger partial charge in [0, 0.05) is 18.7 Å². The average molecular weight is 445 g/mol. The van der Waals surface area contributed by atoms with Crippen molar-refractivity contribution in [3.63, 3.8) is 0 Å². The van der Waals surface area contributed by atoms with Crippen molar-refractivity contribution >= 4 is 28.3 Å². The summed E-state index contributed by atoms with van der Waals surface area (Å²) in [5.74, 6) is -1.24. The first-order valence-electron chi connectivity index (χ1n) is 9.47. The third kappa shape index (κ3) is 3.00. The molecule has 0 aliphatic carbocycles. The van der Waals surface area contributed by atoms with E-state index in [4.69, 9.17) is 10.5 Å². The molecule has 5 rings (SSSR count). The third-order valence-electron chi connectivity index (χ3n) is 5.58. The van der Waals surface area contributed by atoms with Crippen LogP contribution < -0.4 is 10.5 Å². The van der Waals surface area contributed by atoms with Crippen molar-refractivity contribution in [1.29, 1.82) is 0 Å². The van der Waals surface area contributed by atoms with Gasteiger partial charge in [0.1, 0.15) is 29.5 Å². The summed E-state index contributed by atoms with van der Waals surface area (Å²) in [5, 5.41) is 0. The lowest BCUT2D eigenvalue weighted by Gasteiger charge is -2.24. The topological polar surface area (TPSA) is 85.8 Å². The fraction of sp³-hybridized carbons (Fsp3) is 0.190. The van der Waals surface area contributed by atoms with Crippen LogP contribution in [-0.4, -0.2) is 38.8 Å². The lowest BCUT2D eigenvalue weighted by Crippen LogP contribution is -2.32. The molecule has 0 saturated heterocycles. The van der Waals surface area contributed by atoms with Gasteiger partial charge in [0.25, 0.3) is 5.91 Å². The van der Waals surface area contributed by atoms with Crippen molar-refractivity contribution in [1.82, 2.24) is 19.3 Å². The van der Waals surface area contributed by atoms with Gasteiger partial charge in [-0.05, 0) is 18.2 Å². The maximum Gasteiger partial charge on any atom is 0.416 e. The number of imidazole rings is 1. The number of carbonyl (C=O) groups excluding carboxylic acids is 1. The van der Waals surface area contributed by atoms with Crippen LogP contribution >= 0.6 is 0 Å². The second-order valence-corrected chi connectivity index (χ2v) is 7.46. The number of aromatic nitrogens is 3. The lowest BCUT2D eigenvalue weighted by atomic mass is 10.0. The molecule has 2 N–H and O–H groups in total. The lowest BCUT2D eigenvalue weighted by molar-refractivity contribution is -0.137. The minimum atomic E-state index is -4.51. The number of halogens is 4. The number of benzene rings is 2. The second kappa shape index (κ2) is 6.81. The normalized spacial score (nSPS) is 15.7. The standard InChI is InChI=1S/C21H15F4N5O2/c1-29(17-8-32-18-4-10(21(23,24)25)2-3-11(17)18)20(31)12-5-15-14(6-13(12)22)28-19(26)16-7-27-9-30(15)16/h2-7,9,17H,8H2,1H3,(H2,26,28)/t17-/m0/s1. The van der Waals surface area contributed by atoms with Crippen molar-refractivity contribution < 1.29 is 27.1 Å². The Morgan fingerprint density at radius 3 is 2.78 bits per heavy atom. The predicted molar refractivity (Wildman–Crippen MR) is 107 cm³/mol. The molecule has 3 heterocycles. The quantitative estimate of drug-likeness (QED) is 0.474. The van der Waals surface area contributed by atoms with Gasteiger partial charge in [-0.1, -0.05) is 6.07 Å². The fourth-order valence-corrected chi connectivity index (χ4v) is 3.88. The van der Waals surface area contributed by atoms with Crippen molar-refractivity contribution in [3.05, 3.63) is 65.4 Å². The predicted octanol–water partition coefficient (Wildman–Crippen LogP) is 3.83. The Morgan fingerprint density at radius 1 is 1.25 bits per heavy atom. The number of likely N-dealkylation sites (N-methyl/N-ethyl adjacent to an activating group) is 1. The van der Waals surface area contributed by atoms with Crippen molar-refractivity contribution in [2.24, 2.45) is 0 Å². The summed E-state index contributed by atoms with van der Waals surface area (Å²) >= 11 is 0. The van der Waals surface area contributed by atoms with E-state index in [2.05, 4.69) is 9.97 Å². The molecule has 11 heteroatoms. The highest BCUT2D eigenvalue weighted by Crippen LogP contribution is 2.40. The number of hydrogen-bond donors (Lipinski definition) is 1. The number of alkyl halides is 3. The monoisotopic (exact) mass is 445 g/mol. The molecule has 2 aromatic carbocycles. The number of nitrogens with zero attached hydrogens (tertiary/aromatic N) is 4. The second-order valence-electron chi connectivity index (χ2n) is 7.46. The molecule has 7 nitrogen and oxygen atoms in total. The van der Waals surface area contributed by atoms with Gasteiger partial charge >= 0.3 is 6.18 Å². The Balaban J connectivity index is 1.53. The van der Waals surface area contributed by atoms with Crippen LogP contribution in [0, 0.1) is 5.82 Å². The minimum Gasteiger partial charge on any atom is -0.491 e. The number of nitrogen functional groups attached to an aromatic ring is 1. The van der Waals surface area contributed by atoms with Crippen molar-refractivity contribution in [2.75, 3.05) is 19.4 Å². The highest BCUT2D eigenvalue weighted by Gasteiger charge is 2.36. The minimum absolute atomic E-state index is 0.0437. The van der Waals surface area contributed by atoms with Crippen LogP contribution in [0.4, 0.5) is 23.4 Å². The first kappa shape index (κ1) is 20.0. The molecule has 2 aromatic heterocycles. The van der Waals surface area contributed by atoms with Crippen LogP contribution in [0.2, 0.25) is 0 Å². The van der Waals surface area contributed by atoms with Crippen LogP contribution in [0.25, 0.3) is 16.6 Å². The zero-order chi connectivity index (χ0) is 22.8. The molecule has 0 unspecified atom stereocenters. The maximum atomic E-state index is 14.8. The molecule has 0 saturated carbocycles. The van der Waals surface area contributed by atoms with Crippen molar-refractivity contribution in [2.45, 2.75) is 12.2 Å². The molecule has 0 radical (unpaired) electrons. The summed E-state index contributed by atoms with van der Waals surface area (Å²) in [7, 11) is 1.45. The van der Waals surface area contributed by atoms with Gasteiger partial charge in [0.05, 0.1) is 40.7 Å². The zero-order valence-corrected chi connectivity index (χ0v) is 16.5. The number of nitrogens with two attached hydrogens (primary N) is 1. The van der Waals surface area contributed by atoms with Gasteiger partial charge < -0.3 is 15.4 Å². The van der Waals surface area contributed by atoms with Crippen LogP contribution in [0.1, 0.15) is 27.5 Å². The van der Waals surface area contributed by atoms with E-state index in [-0.39, 0.29) is 29.3 Å². The number of carbonyl (C=O) groups is 1. The maximum absolute atomic E-state index is 14.8. The summed E-state index contributed by atoms with van der Waals surface area (Å²) in [6.45, 7) is -0.0437. The molecule has 1 amide bonds. The Bertz CT molecular complexity index is 1400. The van der Waals surface area contributed by atoms with E-state index in [1.807, 2.05) is 0 Å². The molecular formula is C21H15F4N5O2. The van der Waals surface area contributed by atoms with E-state index in [1.165, 1.54) is 36.6 Å². The Labute approximate surface area is 178 Å². The van der Waals surface area contributed by atoms with Crippen LogP contribution in [-0.2, 0) is 6.18 Å². The van der Waals surface area contributed by atoms with E-state index in [1.54, 1.807) is 4.40 Å². The Hall–Kier alpha value is -3.89. The molecule has 164 valence electrons. The highest BCUT2D eigenvalue weighted by molar-refractivity contribution is 5.98. The zero-order valence-electron chi connectivity index (χ0n) is 16.5. The number of amides is 1. The summed E-state index contributed by atoms with van der Waals surface area (Å²) in [6.07, 6.45) is -1.53. The highest BCUT2D eigenvalue weighted by atomic mass is 19.4. The molecule has 0 bridgehead atoms. The first-order valence-corrected chi connectivity index (χ1v) is 9.47. The number of rotatable bonds is 2. The summed E-state index contributed by atoms with van der Waals surface area (Å²) in [4.78, 5) is 22.6. The van der Waals surface area contributed by atoms with Gasteiger partial charge in [-0.2, -0.15) is 13.2 Å². The van der Waals surface area contributed by atoms with E-state index in [0.717, 1.165) is 18.2 Å². The number of ether oxygens (including phenoxy) is 1. The molecule has 4 aromatic rings. The average Bonchev–Trinajstić information content (AvgIpc) is 3.39. The molecule has 1 aliphatic heterocycles. The Morgan fingerprint density at radius 2 is 2.03 bits per heavy atom.